The number of ether oxygens (including phenoxy) is 1. The lowest BCUT2D eigenvalue weighted by Gasteiger charge is -2.44. The van der Waals surface area contributed by atoms with E-state index < -0.39 is 0 Å². The van der Waals surface area contributed by atoms with Crippen molar-refractivity contribution in [3.05, 3.63) is 59.1 Å². The second-order valence-electron chi connectivity index (χ2n) is 7.43. The number of rotatable bonds is 4. The highest BCUT2D eigenvalue weighted by molar-refractivity contribution is 6.30. The van der Waals surface area contributed by atoms with Gasteiger partial charge in [0.1, 0.15) is 11.5 Å². The number of hydrogen-bond acceptors (Lipinski definition) is 2. The van der Waals surface area contributed by atoms with Crippen LogP contribution in [0, 0.1) is 5.92 Å². The van der Waals surface area contributed by atoms with Crippen molar-refractivity contribution in [3.8, 4) is 11.5 Å². The van der Waals surface area contributed by atoms with E-state index >= 15 is 0 Å². The van der Waals surface area contributed by atoms with Gasteiger partial charge in [-0.2, -0.15) is 0 Å². The van der Waals surface area contributed by atoms with Gasteiger partial charge in [-0.25, -0.2) is 0 Å². The van der Waals surface area contributed by atoms with Crippen LogP contribution in [0.1, 0.15) is 44.1 Å². The van der Waals surface area contributed by atoms with Crippen LogP contribution in [0.25, 0.3) is 0 Å². The topological polar surface area (TPSA) is 12.5 Å². The molecule has 1 saturated heterocycles. The number of nitrogens with zero attached hydrogens (tertiary/aromatic N) is 1. The third-order valence-electron chi connectivity index (χ3n) is 5.69. The summed E-state index contributed by atoms with van der Waals surface area (Å²) in [6.07, 6.45) is 8.42. The van der Waals surface area contributed by atoms with Gasteiger partial charge < -0.3 is 4.74 Å². The molecule has 2 atom stereocenters. The van der Waals surface area contributed by atoms with Gasteiger partial charge in [0.25, 0.3) is 0 Å². The summed E-state index contributed by atoms with van der Waals surface area (Å²) in [5.74, 6) is 2.65. The van der Waals surface area contributed by atoms with Gasteiger partial charge in [-0.1, -0.05) is 36.6 Å². The van der Waals surface area contributed by atoms with Gasteiger partial charge in [-0.15, -0.1) is 0 Å². The molecule has 1 saturated carbocycles. The average Bonchev–Trinajstić information content (AvgIpc) is 2.64. The maximum absolute atomic E-state index is 5.99. The van der Waals surface area contributed by atoms with Gasteiger partial charge in [0.15, 0.2) is 0 Å². The minimum Gasteiger partial charge on any atom is -0.457 e. The molecule has 2 fully saturated rings. The van der Waals surface area contributed by atoms with Gasteiger partial charge in [-0.3, -0.25) is 4.90 Å². The van der Waals surface area contributed by atoms with Crippen LogP contribution in [0.15, 0.2) is 48.5 Å². The Balaban J connectivity index is 1.44. The Morgan fingerprint density at radius 2 is 1.72 bits per heavy atom. The lowest BCUT2D eigenvalue weighted by atomic mass is 9.78. The first-order valence-electron chi connectivity index (χ1n) is 9.54. The highest BCUT2D eigenvalue weighted by Crippen LogP contribution is 2.36. The van der Waals surface area contributed by atoms with Gasteiger partial charge in [0, 0.05) is 17.6 Å². The summed E-state index contributed by atoms with van der Waals surface area (Å²) < 4.78 is 5.99. The van der Waals surface area contributed by atoms with Gasteiger partial charge in [0.05, 0.1) is 0 Å². The minimum absolute atomic E-state index is 0.730. The molecule has 0 bridgehead atoms. The lowest BCUT2D eigenvalue weighted by Crippen LogP contribution is -2.46. The zero-order valence-corrected chi connectivity index (χ0v) is 15.4. The molecule has 0 amide bonds. The summed E-state index contributed by atoms with van der Waals surface area (Å²) in [6.45, 7) is 2.28. The van der Waals surface area contributed by atoms with Crippen LogP contribution in [-0.2, 0) is 6.54 Å². The molecule has 0 unspecified atom stereocenters. The largest absolute Gasteiger partial charge is 0.457 e. The van der Waals surface area contributed by atoms with E-state index in [9.17, 15) is 0 Å². The van der Waals surface area contributed by atoms with Crippen molar-refractivity contribution < 1.29 is 4.74 Å². The summed E-state index contributed by atoms with van der Waals surface area (Å²) in [6, 6.07) is 16.9. The maximum Gasteiger partial charge on any atom is 0.127 e. The molecule has 3 heteroatoms. The molecule has 2 aliphatic rings. The van der Waals surface area contributed by atoms with E-state index in [1.54, 1.807) is 0 Å². The molecule has 0 aromatic heterocycles. The van der Waals surface area contributed by atoms with Crippen molar-refractivity contribution in [1.29, 1.82) is 0 Å². The van der Waals surface area contributed by atoms with E-state index in [0.717, 1.165) is 35.0 Å². The van der Waals surface area contributed by atoms with Crippen LogP contribution in [0.2, 0.25) is 5.02 Å². The predicted octanol–water partition coefficient (Wildman–Crippen LogP) is 6.29. The Morgan fingerprint density at radius 3 is 2.60 bits per heavy atom. The number of benzene rings is 2. The number of hydrogen-bond donors (Lipinski definition) is 0. The molecule has 1 aliphatic carbocycles. The highest BCUT2D eigenvalue weighted by atomic mass is 35.5. The lowest BCUT2D eigenvalue weighted by molar-refractivity contribution is 0.0547. The molecule has 0 spiro atoms. The van der Waals surface area contributed by atoms with E-state index in [1.165, 1.54) is 50.6 Å². The number of fused-ring (bicyclic) bond motifs is 1. The monoisotopic (exact) mass is 355 g/mol. The molecule has 1 aliphatic heterocycles. The standard InChI is InChI=1S/C22H26ClNO/c23-19-10-12-20(13-11-19)25-21-8-3-5-17(15-21)16-24-14-4-7-18-6-1-2-9-22(18)24/h3,5,8,10-13,15,18,22H,1-2,4,6-7,9,14,16H2/t18-,22-/m0/s1. The summed E-state index contributed by atoms with van der Waals surface area (Å²) in [5, 5.41) is 0.730. The van der Waals surface area contributed by atoms with E-state index in [1.807, 2.05) is 30.3 Å². The number of likely N-dealkylation sites (tertiary alicyclic amines) is 1. The van der Waals surface area contributed by atoms with Crippen molar-refractivity contribution >= 4 is 11.6 Å². The second-order valence-corrected chi connectivity index (χ2v) is 7.86. The normalized spacial score (nSPS) is 23.9. The third kappa shape index (κ3) is 4.19. The summed E-state index contributed by atoms with van der Waals surface area (Å²) in [7, 11) is 0. The molecule has 25 heavy (non-hydrogen) atoms. The second kappa shape index (κ2) is 7.80. The molecule has 4 rings (SSSR count). The fraction of sp³-hybridized carbons (Fsp3) is 0.455. The quantitative estimate of drug-likeness (QED) is 0.639. The molecule has 2 nitrogen and oxygen atoms in total. The Labute approximate surface area is 155 Å². The van der Waals surface area contributed by atoms with Crippen LogP contribution >= 0.6 is 11.6 Å². The molecule has 0 radical (unpaired) electrons. The Kier molecular flexibility index (Phi) is 5.28. The minimum atomic E-state index is 0.730. The zero-order valence-electron chi connectivity index (χ0n) is 14.7. The first kappa shape index (κ1) is 16.9. The van der Waals surface area contributed by atoms with Gasteiger partial charge in [0.2, 0.25) is 0 Å². The summed E-state index contributed by atoms with van der Waals surface area (Å²) in [5.41, 5.74) is 1.35. The van der Waals surface area contributed by atoms with Crippen LogP contribution in [0.4, 0.5) is 0 Å². The zero-order chi connectivity index (χ0) is 17.1. The maximum atomic E-state index is 5.99. The van der Waals surface area contributed by atoms with Gasteiger partial charge >= 0.3 is 0 Å². The van der Waals surface area contributed by atoms with E-state index in [-0.39, 0.29) is 0 Å². The molecule has 2 aromatic rings. The molecule has 0 N–H and O–H groups in total. The average molecular weight is 356 g/mol. The molecule has 132 valence electrons. The van der Waals surface area contributed by atoms with Crippen LogP contribution < -0.4 is 4.74 Å². The number of halogens is 1. The van der Waals surface area contributed by atoms with Gasteiger partial charge in [-0.05, 0) is 80.1 Å². The van der Waals surface area contributed by atoms with E-state index in [4.69, 9.17) is 16.3 Å². The summed E-state index contributed by atoms with van der Waals surface area (Å²) >= 11 is 5.94. The summed E-state index contributed by atoms with van der Waals surface area (Å²) in [4.78, 5) is 2.72. The smallest absolute Gasteiger partial charge is 0.127 e. The van der Waals surface area contributed by atoms with E-state index in [2.05, 4.69) is 23.1 Å². The van der Waals surface area contributed by atoms with Crippen LogP contribution in [0.3, 0.4) is 0 Å². The Hall–Kier alpha value is -1.51. The molecular weight excluding hydrogens is 330 g/mol. The molecular formula is C22H26ClNO. The predicted molar refractivity (Wildman–Crippen MR) is 103 cm³/mol. The molecule has 2 aromatic carbocycles. The van der Waals surface area contributed by atoms with Crippen molar-refractivity contribution in [2.75, 3.05) is 6.54 Å². The first-order valence-corrected chi connectivity index (χ1v) is 9.92. The fourth-order valence-electron chi connectivity index (χ4n) is 4.50. The fourth-order valence-corrected chi connectivity index (χ4v) is 4.63. The van der Waals surface area contributed by atoms with Crippen molar-refractivity contribution in [2.24, 2.45) is 5.92 Å². The van der Waals surface area contributed by atoms with Crippen LogP contribution in [0.5, 0.6) is 11.5 Å². The van der Waals surface area contributed by atoms with Crippen molar-refractivity contribution in [3.63, 3.8) is 0 Å². The number of piperidine rings is 1. The molecule has 1 heterocycles. The van der Waals surface area contributed by atoms with Crippen LogP contribution in [-0.4, -0.2) is 17.5 Å². The van der Waals surface area contributed by atoms with Crippen molar-refractivity contribution in [2.45, 2.75) is 51.1 Å². The van der Waals surface area contributed by atoms with Crippen molar-refractivity contribution in [1.82, 2.24) is 4.90 Å². The Morgan fingerprint density at radius 1 is 0.920 bits per heavy atom. The SMILES string of the molecule is Clc1ccc(Oc2cccc(CN3CCC[C@@H]4CCCC[C@@H]43)c2)cc1. The van der Waals surface area contributed by atoms with E-state index in [0.29, 0.717) is 0 Å². The Bertz CT molecular complexity index is 697. The highest BCUT2D eigenvalue weighted by Gasteiger charge is 2.32. The first-order chi connectivity index (χ1) is 12.3. The third-order valence-corrected chi connectivity index (χ3v) is 5.94.